The second-order valence-corrected chi connectivity index (χ2v) is 5.88. The summed E-state index contributed by atoms with van der Waals surface area (Å²) in [6.07, 6.45) is 6.19. The topological polar surface area (TPSA) is 71.2 Å². The van der Waals surface area contributed by atoms with E-state index < -0.39 is 0 Å². The Balaban J connectivity index is 1.76. The monoisotopic (exact) mass is 276 g/mol. The van der Waals surface area contributed by atoms with Crippen LogP contribution in [-0.4, -0.2) is 41.1 Å². The van der Waals surface area contributed by atoms with Gasteiger partial charge in [0.2, 0.25) is 17.8 Å². The van der Waals surface area contributed by atoms with Gasteiger partial charge >= 0.3 is 0 Å². The number of nitrogens with zero attached hydrogens (tertiary/aromatic N) is 5. The Morgan fingerprint density at radius 1 is 1.05 bits per heavy atom. The van der Waals surface area contributed by atoms with Crippen LogP contribution in [0.25, 0.3) is 0 Å². The molecule has 0 saturated carbocycles. The third-order valence-corrected chi connectivity index (χ3v) is 4.28. The average Bonchev–Trinajstić information content (AvgIpc) is 3.09. The normalized spacial score (nSPS) is 22.8. The van der Waals surface area contributed by atoms with Crippen molar-refractivity contribution in [2.24, 2.45) is 5.92 Å². The van der Waals surface area contributed by atoms with E-state index in [-0.39, 0.29) is 0 Å². The molecule has 6 nitrogen and oxygen atoms in total. The Morgan fingerprint density at radius 3 is 2.45 bits per heavy atom. The minimum atomic E-state index is 0.343. The summed E-state index contributed by atoms with van der Waals surface area (Å²) in [4.78, 5) is 17.7. The summed E-state index contributed by atoms with van der Waals surface area (Å²) in [7, 11) is 0. The molecule has 6 heteroatoms. The number of nitrogen functional groups attached to an aromatic ring is 1. The van der Waals surface area contributed by atoms with Gasteiger partial charge in [-0.3, -0.25) is 0 Å². The van der Waals surface area contributed by atoms with Gasteiger partial charge in [0.05, 0.1) is 0 Å². The Bertz CT molecular complexity index is 457. The van der Waals surface area contributed by atoms with E-state index in [1.807, 2.05) is 0 Å². The van der Waals surface area contributed by atoms with Gasteiger partial charge in [0.25, 0.3) is 0 Å². The Kier molecular flexibility index (Phi) is 3.89. The van der Waals surface area contributed by atoms with Crippen LogP contribution in [0, 0.1) is 5.92 Å². The van der Waals surface area contributed by atoms with Gasteiger partial charge in [-0.1, -0.05) is 13.3 Å². The van der Waals surface area contributed by atoms with Gasteiger partial charge in [0.15, 0.2) is 0 Å². The van der Waals surface area contributed by atoms with Gasteiger partial charge in [-0.15, -0.1) is 0 Å². The van der Waals surface area contributed by atoms with Crippen LogP contribution in [0.3, 0.4) is 0 Å². The number of hydrogen-bond acceptors (Lipinski definition) is 6. The number of hydrogen-bond donors (Lipinski definition) is 1. The second kappa shape index (κ2) is 5.81. The van der Waals surface area contributed by atoms with Gasteiger partial charge < -0.3 is 15.5 Å². The van der Waals surface area contributed by atoms with Crippen LogP contribution in [-0.2, 0) is 0 Å². The maximum Gasteiger partial charge on any atom is 0.231 e. The molecular formula is C14H24N6. The summed E-state index contributed by atoms with van der Waals surface area (Å²) >= 11 is 0. The molecule has 0 aliphatic carbocycles. The van der Waals surface area contributed by atoms with Crippen molar-refractivity contribution in [2.45, 2.75) is 39.0 Å². The van der Waals surface area contributed by atoms with Gasteiger partial charge in [-0.25, -0.2) is 0 Å². The smallest absolute Gasteiger partial charge is 0.231 e. The fourth-order valence-corrected chi connectivity index (χ4v) is 3.23. The first-order chi connectivity index (χ1) is 9.76. The molecule has 1 aromatic heterocycles. The molecule has 2 fully saturated rings. The van der Waals surface area contributed by atoms with Crippen molar-refractivity contribution in [1.82, 2.24) is 15.0 Å². The lowest BCUT2D eigenvalue weighted by atomic mass is 10.0. The molecule has 2 N–H and O–H groups in total. The summed E-state index contributed by atoms with van der Waals surface area (Å²) in [5.41, 5.74) is 5.87. The highest BCUT2D eigenvalue weighted by Gasteiger charge is 2.25. The summed E-state index contributed by atoms with van der Waals surface area (Å²) in [5.74, 6) is 2.63. The molecule has 1 aromatic rings. The molecule has 3 rings (SSSR count). The minimum absolute atomic E-state index is 0.343. The van der Waals surface area contributed by atoms with E-state index >= 15 is 0 Å². The lowest BCUT2D eigenvalue weighted by Gasteiger charge is -2.20. The highest BCUT2D eigenvalue weighted by Crippen LogP contribution is 2.26. The van der Waals surface area contributed by atoms with Crippen LogP contribution < -0.4 is 15.5 Å². The van der Waals surface area contributed by atoms with Crippen LogP contribution in [0.15, 0.2) is 0 Å². The van der Waals surface area contributed by atoms with Gasteiger partial charge in [0.1, 0.15) is 0 Å². The van der Waals surface area contributed by atoms with Crippen LogP contribution in [0.4, 0.5) is 17.8 Å². The molecule has 2 saturated heterocycles. The number of aromatic nitrogens is 3. The standard InChI is InChI=1S/C14H24N6/c1-2-5-11-6-9-20(10-11)14-17-12(15)16-13(18-14)19-7-3-4-8-19/h11H,2-10H2,1H3,(H2,15,16,17,18). The molecule has 2 aliphatic rings. The maximum atomic E-state index is 5.87. The number of anilines is 3. The highest BCUT2D eigenvalue weighted by atomic mass is 15.4. The van der Waals surface area contributed by atoms with Crippen molar-refractivity contribution in [1.29, 1.82) is 0 Å². The zero-order chi connectivity index (χ0) is 13.9. The highest BCUT2D eigenvalue weighted by molar-refractivity contribution is 5.44. The molecule has 0 spiro atoms. The quantitative estimate of drug-likeness (QED) is 0.902. The van der Waals surface area contributed by atoms with Crippen molar-refractivity contribution >= 4 is 17.8 Å². The van der Waals surface area contributed by atoms with Crippen molar-refractivity contribution < 1.29 is 0 Å². The average molecular weight is 276 g/mol. The maximum absolute atomic E-state index is 5.87. The molecule has 2 aliphatic heterocycles. The van der Waals surface area contributed by atoms with Crippen LogP contribution in [0.5, 0.6) is 0 Å². The molecule has 110 valence electrons. The molecule has 3 heterocycles. The lowest BCUT2D eigenvalue weighted by molar-refractivity contribution is 0.529. The van der Waals surface area contributed by atoms with Gasteiger partial charge in [0, 0.05) is 26.2 Å². The lowest BCUT2D eigenvalue weighted by Crippen LogP contribution is -2.26. The molecule has 0 radical (unpaired) electrons. The van der Waals surface area contributed by atoms with Crippen molar-refractivity contribution in [3.8, 4) is 0 Å². The van der Waals surface area contributed by atoms with E-state index in [0.717, 1.165) is 44.0 Å². The number of rotatable bonds is 4. The molecule has 0 aromatic carbocycles. The fourth-order valence-electron chi connectivity index (χ4n) is 3.23. The minimum Gasteiger partial charge on any atom is -0.368 e. The van der Waals surface area contributed by atoms with Gasteiger partial charge in [-0.2, -0.15) is 15.0 Å². The van der Waals surface area contributed by atoms with E-state index in [4.69, 9.17) is 5.73 Å². The second-order valence-electron chi connectivity index (χ2n) is 5.88. The Hall–Kier alpha value is -1.59. The van der Waals surface area contributed by atoms with Crippen LogP contribution >= 0.6 is 0 Å². The first kappa shape index (κ1) is 13.4. The summed E-state index contributed by atoms with van der Waals surface area (Å²) in [6.45, 7) is 6.39. The molecule has 20 heavy (non-hydrogen) atoms. The molecular weight excluding hydrogens is 252 g/mol. The van der Waals surface area contributed by atoms with Gasteiger partial charge in [-0.05, 0) is 31.6 Å². The summed E-state index contributed by atoms with van der Waals surface area (Å²) < 4.78 is 0. The van der Waals surface area contributed by atoms with Crippen LogP contribution in [0.1, 0.15) is 39.0 Å². The van der Waals surface area contributed by atoms with E-state index in [1.165, 1.54) is 32.1 Å². The van der Waals surface area contributed by atoms with Crippen molar-refractivity contribution in [2.75, 3.05) is 41.7 Å². The molecule has 1 atom stereocenters. The largest absolute Gasteiger partial charge is 0.368 e. The third kappa shape index (κ3) is 2.78. The fraction of sp³-hybridized carbons (Fsp3) is 0.786. The predicted molar refractivity (Wildman–Crippen MR) is 80.9 cm³/mol. The van der Waals surface area contributed by atoms with Crippen LogP contribution in [0.2, 0.25) is 0 Å². The zero-order valence-corrected chi connectivity index (χ0v) is 12.3. The Labute approximate surface area is 120 Å². The molecule has 0 amide bonds. The third-order valence-electron chi connectivity index (χ3n) is 4.28. The zero-order valence-electron chi connectivity index (χ0n) is 12.3. The van der Waals surface area contributed by atoms with Crippen molar-refractivity contribution in [3.05, 3.63) is 0 Å². The summed E-state index contributed by atoms with van der Waals surface area (Å²) in [5, 5.41) is 0. The first-order valence-electron chi connectivity index (χ1n) is 7.77. The predicted octanol–water partition coefficient (Wildman–Crippen LogP) is 1.68. The van der Waals surface area contributed by atoms with E-state index in [9.17, 15) is 0 Å². The van der Waals surface area contributed by atoms with E-state index in [0.29, 0.717) is 5.95 Å². The SMILES string of the molecule is CCCC1CCN(c2nc(N)nc(N3CCCC3)n2)C1. The first-order valence-corrected chi connectivity index (χ1v) is 7.77. The number of nitrogens with two attached hydrogens (primary N) is 1. The van der Waals surface area contributed by atoms with E-state index in [2.05, 4.69) is 31.7 Å². The van der Waals surface area contributed by atoms with E-state index in [1.54, 1.807) is 0 Å². The Morgan fingerprint density at radius 2 is 1.75 bits per heavy atom. The summed E-state index contributed by atoms with van der Waals surface area (Å²) in [6, 6.07) is 0. The molecule has 1 unspecified atom stereocenters. The van der Waals surface area contributed by atoms with Crippen molar-refractivity contribution in [3.63, 3.8) is 0 Å². The molecule has 0 bridgehead atoms.